The lowest BCUT2D eigenvalue weighted by Crippen LogP contribution is -2.62. The van der Waals surface area contributed by atoms with Crippen molar-refractivity contribution in [3.8, 4) is 0 Å². The molecular formula is C16H26O12. The highest BCUT2D eigenvalue weighted by Crippen LogP contribution is 2.36. The fraction of sp³-hybridized carbons (Fsp3) is 0.812. The predicted octanol–water partition coefficient (Wildman–Crippen LogP) is -4.27. The van der Waals surface area contributed by atoms with Gasteiger partial charge in [0.1, 0.15) is 49.3 Å². The predicted molar refractivity (Wildman–Crippen MR) is 87.3 cm³/mol. The van der Waals surface area contributed by atoms with Gasteiger partial charge in [0.2, 0.25) is 5.79 Å². The molecule has 12 nitrogen and oxygen atoms in total. The van der Waals surface area contributed by atoms with Crippen LogP contribution in [0.5, 0.6) is 0 Å². The molecule has 2 saturated heterocycles. The second kappa shape index (κ2) is 9.09. The van der Waals surface area contributed by atoms with E-state index in [0.717, 1.165) is 0 Å². The van der Waals surface area contributed by atoms with Crippen LogP contribution in [0, 0.1) is 0 Å². The molecule has 0 bridgehead atoms. The van der Waals surface area contributed by atoms with Crippen molar-refractivity contribution in [1.29, 1.82) is 0 Å². The third-order valence-electron chi connectivity index (χ3n) is 4.60. The minimum atomic E-state index is -2.29. The van der Waals surface area contributed by atoms with Crippen LogP contribution >= 0.6 is 0 Å². The second-order valence-electron chi connectivity index (χ2n) is 6.76. The normalized spacial score (nSPS) is 43.7. The van der Waals surface area contributed by atoms with Gasteiger partial charge in [0.05, 0.1) is 13.2 Å². The molecule has 7 N–H and O–H groups in total. The average molecular weight is 410 g/mol. The van der Waals surface area contributed by atoms with Crippen LogP contribution in [0.4, 0.5) is 0 Å². The molecule has 2 heterocycles. The van der Waals surface area contributed by atoms with E-state index in [1.165, 1.54) is 6.92 Å². The van der Waals surface area contributed by atoms with Crippen LogP contribution in [0.25, 0.3) is 0 Å². The SMILES string of the molecule is C=C(C)C(=O)OC[C@@]1(O[C@H]2O[C@H](CO)[C@@H](O)[C@H](O)[C@H]2O)O[C@H](CO)[C@@H](O)[C@@H]1O. The minimum absolute atomic E-state index is 0.0229. The Hall–Kier alpha value is -1.19. The first kappa shape index (κ1) is 23.1. The first-order chi connectivity index (χ1) is 13.1. The maximum absolute atomic E-state index is 11.7. The van der Waals surface area contributed by atoms with Crippen LogP contribution in [0.2, 0.25) is 0 Å². The molecule has 0 amide bonds. The van der Waals surface area contributed by atoms with Gasteiger partial charge in [-0.15, -0.1) is 0 Å². The summed E-state index contributed by atoms with van der Waals surface area (Å²) in [4.78, 5) is 11.7. The van der Waals surface area contributed by atoms with Gasteiger partial charge in [0.25, 0.3) is 0 Å². The van der Waals surface area contributed by atoms with E-state index in [1.807, 2.05) is 0 Å². The van der Waals surface area contributed by atoms with Crippen LogP contribution < -0.4 is 0 Å². The summed E-state index contributed by atoms with van der Waals surface area (Å²) >= 11 is 0. The number of esters is 1. The molecule has 0 aliphatic carbocycles. The summed E-state index contributed by atoms with van der Waals surface area (Å²) in [7, 11) is 0. The Bertz CT molecular complexity index is 568. The first-order valence-electron chi connectivity index (χ1n) is 8.53. The van der Waals surface area contributed by atoms with Gasteiger partial charge in [-0.1, -0.05) is 6.58 Å². The van der Waals surface area contributed by atoms with Gasteiger partial charge in [-0.2, -0.15) is 0 Å². The summed E-state index contributed by atoms with van der Waals surface area (Å²) in [5.74, 6) is -3.15. The quantitative estimate of drug-likeness (QED) is 0.158. The lowest BCUT2D eigenvalue weighted by Gasteiger charge is -2.43. The third kappa shape index (κ3) is 4.36. The molecule has 28 heavy (non-hydrogen) atoms. The van der Waals surface area contributed by atoms with Crippen LogP contribution in [0.1, 0.15) is 6.92 Å². The molecule has 2 fully saturated rings. The van der Waals surface area contributed by atoms with Crippen molar-refractivity contribution in [2.45, 2.75) is 61.7 Å². The Kier molecular flexibility index (Phi) is 7.50. The molecule has 0 unspecified atom stereocenters. The number of carbonyl (C=O) groups is 1. The van der Waals surface area contributed by atoms with Crippen molar-refractivity contribution < 1.29 is 59.5 Å². The van der Waals surface area contributed by atoms with Crippen LogP contribution in [-0.2, 0) is 23.7 Å². The molecule has 2 aliphatic rings. The number of aliphatic hydroxyl groups is 7. The van der Waals surface area contributed by atoms with E-state index in [0.29, 0.717) is 0 Å². The molecule has 2 aliphatic heterocycles. The molecule has 0 aromatic rings. The molecule has 0 saturated carbocycles. The standard InChI is InChI=1S/C16H26O12/c1-6(2)14(24)25-5-16(13(23)10(20)8(4-18)27-16)28-15-12(22)11(21)9(19)7(3-17)26-15/h7-13,15,17-23H,1,3-5H2,2H3/t7-,8-,9-,10-,11+,12-,13+,15-,16+/m1/s1. The summed E-state index contributed by atoms with van der Waals surface area (Å²) in [6.07, 6.45) is -13.1. The summed E-state index contributed by atoms with van der Waals surface area (Å²) < 4.78 is 20.9. The van der Waals surface area contributed by atoms with Crippen LogP contribution in [-0.4, -0.2) is 116 Å². The smallest absolute Gasteiger partial charge is 0.333 e. The molecule has 0 aromatic carbocycles. The zero-order valence-corrected chi connectivity index (χ0v) is 15.1. The summed E-state index contributed by atoms with van der Waals surface area (Å²) in [6, 6.07) is 0. The van der Waals surface area contributed by atoms with Crippen molar-refractivity contribution in [3.63, 3.8) is 0 Å². The zero-order chi connectivity index (χ0) is 21.2. The highest BCUT2D eigenvalue weighted by Gasteiger charge is 2.59. The molecule has 0 spiro atoms. The van der Waals surface area contributed by atoms with Gasteiger partial charge in [-0.25, -0.2) is 4.79 Å². The largest absolute Gasteiger partial charge is 0.456 e. The van der Waals surface area contributed by atoms with Gasteiger partial charge in [-0.3, -0.25) is 0 Å². The van der Waals surface area contributed by atoms with Gasteiger partial charge in [0.15, 0.2) is 6.29 Å². The summed E-state index contributed by atoms with van der Waals surface area (Å²) in [6.45, 7) is 2.53. The summed E-state index contributed by atoms with van der Waals surface area (Å²) in [5, 5.41) is 68.8. The molecule has 162 valence electrons. The Labute approximate surface area is 160 Å². The van der Waals surface area contributed by atoms with E-state index < -0.39 is 80.6 Å². The number of hydrogen-bond donors (Lipinski definition) is 7. The molecular weight excluding hydrogens is 384 g/mol. The van der Waals surface area contributed by atoms with Crippen molar-refractivity contribution >= 4 is 5.97 Å². The molecule has 2 rings (SSSR count). The Morgan fingerprint density at radius 2 is 1.61 bits per heavy atom. The Balaban J connectivity index is 2.26. The topological polar surface area (TPSA) is 196 Å². The van der Waals surface area contributed by atoms with E-state index >= 15 is 0 Å². The van der Waals surface area contributed by atoms with Gasteiger partial charge < -0.3 is 54.7 Å². The maximum atomic E-state index is 11.7. The van der Waals surface area contributed by atoms with Crippen LogP contribution in [0.15, 0.2) is 12.2 Å². The van der Waals surface area contributed by atoms with E-state index in [1.54, 1.807) is 0 Å². The number of ether oxygens (including phenoxy) is 4. The fourth-order valence-electron chi connectivity index (χ4n) is 2.91. The average Bonchev–Trinajstić information content (AvgIpc) is 2.91. The highest BCUT2D eigenvalue weighted by atomic mass is 16.8. The van der Waals surface area contributed by atoms with E-state index in [-0.39, 0.29) is 5.57 Å². The van der Waals surface area contributed by atoms with Crippen molar-refractivity contribution in [1.82, 2.24) is 0 Å². The lowest BCUT2D eigenvalue weighted by atomic mass is 9.99. The number of aliphatic hydroxyl groups excluding tert-OH is 7. The Morgan fingerprint density at radius 3 is 2.11 bits per heavy atom. The number of carbonyl (C=O) groups excluding carboxylic acids is 1. The first-order valence-corrected chi connectivity index (χ1v) is 8.53. The third-order valence-corrected chi connectivity index (χ3v) is 4.60. The van der Waals surface area contributed by atoms with E-state index in [2.05, 4.69) is 6.58 Å². The minimum Gasteiger partial charge on any atom is -0.456 e. The molecule has 12 heteroatoms. The van der Waals surface area contributed by atoms with E-state index in [9.17, 15) is 40.5 Å². The van der Waals surface area contributed by atoms with Gasteiger partial charge in [-0.05, 0) is 6.92 Å². The molecule has 0 radical (unpaired) electrons. The van der Waals surface area contributed by atoms with Crippen LogP contribution in [0.3, 0.4) is 0 Å². The maximum Gasteiger partial charge on any atom is 0.333 e. The number of rotatable bonds is 7. The monoisotopic (exact) mass is 410 g/mol. The zero-order valence-electron chi connectivity index (χ0n) is 15.1. The van der Waals surface area contributed by atoms with Gasteiger partial charge >= 0.3 is 5.97 Å². The Morgan fingerprint density at radius 1 is 1.00 bits per heavy atom. The molecule has 9 atom stereocenters. The summed E-state index contributed by atoms with van der Waals surface area (Å²) in [5.41, 5.74) is 0.0229. The second-order valence-corrected chi connectivity index (χ2v) is 6.76. The lowest BCUT2D eigenvalue weighted by molar-refractivity contribution is -0.383. The van der Waals surface area contributed by atoms with Crippen molar-refractivity contribution in [2.75, 3.05) is 19.8 Å². The van der Waals surface area contributed by atoms with Gasteiger partial charge in [0, 0.05) is 5.57 Å². The molecule has 0 aromatic heterocycles. The number of hydrogen-bond acceptors (Lipinski definition) is 12. The highest BCUT2D eigenvalue weighted by molar-refractivity contribution is 5.86. The fourth-order valence-corrected chi connectivity index (χ4v) is 2.91. The van der Waals surface area contributed by atoms with E-state index in [4.69, 9.17) is 18.9 Å². The van der Waals surface area contributed by atoms with Crippen molar-refractivity contribution in [2.24, 2.45) is 0 Å². The van der Waals surface area contributed by atoms with Crippen molar-refractivity contribution in [3.05, 3.63) is 12.2 Å².